The third-order valence-corrected chi connectivity index (χ3v) is 2.28. The fourth-order valence-electron chi connectivity index (χ4n) is 1.35. The summed E-state index contributed by atoms with van der Waals surface area (Å²) in [6, 6.07) is -0.672. The van der Waals surface area contributed by atoms with Gasteiger partial charge in [0.1, 0.15) is 5.56 Å². The summed E-state index contributed by atoms with van der Waals surface area (Å²) in [5.41, 5.74) is -4.00. The van der Waals surface area contributed by atoms with Crippen LogP contribution in [0.3, 0.4) is 0 Å². The Kier molecular flexibility index (Phi) is 3.79. The van der Waals surface area contributed by atoms with Crippen molar-refractivity contribution in [3.63, 3.8) is 0 Å². The van der Waals surface area contributed by atoms with Gasteiger partial charge in [0, 0.05) is 0 Å². The number of nitrogens with one attached hydrogen (secondary N) is 1. The molecule has 1 aromatic rings. The van der Waals surface area contributed by atoms with Crippen molar-refractivity contribution in [3.05, 3.63) is 33.2 Å². The van der Waals surface area contributed by atoms with Gasteiger partial charge in [0.25, 0.3) is 11.5 Å². The second-order valence-electron chi connectivity index (χ2n) is 3.73. The lowest BCUT2D eigenvalue weighted by atomic mass is 10.1. The molecule has 1 heterocycles. The number of nitrogens with two attached hydrogens (primary N) is 1. The predicted molar refractivity (Wildman–Crippen MR) is 50.5 cm³/mol. The molecule has 0 saturated heterocycles. The highest BCUT2D eigenvalue weighted by Crippen LogP contribution is 2.44. The Hall–Kier alpha value is -2.14. The molecular formula is C9H4F8N2O2. The number of aromatic amines is 1. The lowest BCUT2D eigenvalue weighted by Crippen LogP contribution is -2.38. The monoisotopic (exact) mass is 324 g/mol. The molecule has 1 amide bonds. The minimum atomic E-state index is -6.24. The van der Waals surface area contributed by atoms with Crippen molar-refractivity contribution in [2.45, 2.75) is 18.3 Å². The van der Waals surface area contributed by atoms with Gasteiger partial charge in [-0.25, -0.2) is 0 Å². The van der Waals surface area contributed by atoms with Crippen LogP contribution in [0.2, 0.25) is 0 Å². The largest absolute Gasteiger partial charge is 0.459 e. The molecule has 0 fully saturated rings. The Morgan fingerprint density at radius 1 is 1.05 bits per heavy atom. The molecular weight excluding hydrogens is 320 g/mol. The van der Waals surface area contributed by atoms with Crippen molar-refractivity contribution in [2.75, 3.05) is 0 Å². The zero-order valence-electron chi connectivity index (χ0n) is 9.49. The number of rotatable bonds is 2. The number of amides is 1. The topological polar surface area (TPSA) is 76.0 Å². The van der Waals surface area contributed by atoms with E-state index in [4.69, 9.17) is 0 Å². The number of alkyl halides is 8. The van der Waals surface area contributed by atoms with Crippen molar-refractivity contribution in [1.82, 2.24) is 4.98 Å². The fraction of sp³-hybridized carbons (Fsp3) is 0.333. The summed E-state index contributed by atoms with van der Waals surface area (Å²) in [6.07, 6.45) is -11.8. The summed E-state index contributed by atoms with van der Waals surface area (Å²) < 4.78 is 99.9. The van der Waals surface area contributed by atoms with Gasteiger partial charge in [-0.05, 0) is 6.07 Å². The average molecular weight is 324 g/mol. The van der Waals surface area contributed by atoms with Gasteiger partial charge < -0.3 is 10.7 Å². The Labute approximate surface area is 109 Å². The number of hydrogen-bond donors (Lipinski definition) is 2. The molecule has 0 aromatic carbocycles. The van der Waals surface area contributed by atoms with E-state index in [2.05, 4.69) is 5.73 Å². The van der Waals surface area contributed by atoms with Gasteiger partial charge in [-0.15, -0.1) is 0 Å². The predicted octanol–water partition coefficient (Wildman–Crippen LogP) is 2.15. The molecule has 12 heteroatoms. The Balaban J connectivity index is 3.74. The third-order valence-electron chi connectivity index (χ3n) is 2.28. The number of hydrogen-bond acceptors (Lipinski definition) is 2. The van der Waals surface area contributed by atoms with Crippen LogP contribution >= 0.6 is 0 Å². The van der Waals surface area contributed by atoms with Gasteiger partial charge in [-0.3, -0.25) is 9.59 Å². The molecule has 1 rings (SSSR count). The van der Waals surface area contributed by atoms with Crippen LogP contribution in [0.1, 0.15) is 21.6 Å². The molecule has 1 aromatic heterocycles. The molecule has 0 saturated carbocycles. The van der Waals surface area contributed by atoms with E-state index in [1.54, 1.807) is 0 Å². The van der Waals surface area contributed by atoms with Gasteiger partial charge in [0.05, 0.1) is 11.3 Å². The normalized spacial score (nSPS) is 13.3. The summed E-state index contributed by atoms with van der Waals surface area (Å²) in [5.74, 6) is -7.67. The van der Waals surface area contributed by atoms with E-state index in [1.165, 1.54) is 0 Å². The van der Waals surface area contributed by atoms with Gasteiger partial charge in [-0.2, -0.15) is 35.1 Å². The van der Waals surface area contributed by atoms with Crippen LogP contribution in [0.25, 0.3) is 0 Å². The molecule has 3 N–H and O–H groups in total. The van der Waals surface area contributed by atoms with Crippen LogP contribution in [0.15, 0.2) is 10.9 Å². The van der Waals surface area contributed by atoms with Crippen LogP contribution in [0, 0.1) is 0 Å². The first-order valence-corrected chi connectivity index (χ1v) is 4.79. The van der Waals surface area contributed by atoms with Gasteiger partial charge in [-0.1, -0.05) is 0 Å². The molecule has 0 aliphatic rings. The van der Waals surface area contributed by atoms with Gasteiger partial charge >= 0.3 is 18.3 Å². The van der Waals surface area contributed by atoms with Crippen LogP contribution in [-0.4, -0.2) is 17.1 Å². The van der Waals surface area contributed by atoms with Crippen molar-refractivity contribution in [2.24, 2.45) is 5.73 Å². The van der Waals surface area contributed by atoms with Crippen molar-refractivity contribution in [3.8, 4) is 0 Å². The second kappa shape index (κ2) is 4.70. The van der Waals surface area contributed by atoms with Gasteiger partial charge in [0.15, 0.2) is 0 Å². The minimum Gasteiger partial charge on any atom is -0.365 e. The zero-order chi connectivity index (χ0) is 16.8. The van der Waals surface area contributed by atoms with Crippen molar-refractivity contribution >= 4 is 5.91 Å². The molecule has 118 valence electrons. The van der Waals surface area contributed by atoms with Gasteiger partial charge in [0.2, 0.25) is 0 Å². The van der Waals surface area contributed by atoms with E-state index in [1.807, 2.05) is 0 Å². The number of halogens is 8. The SMILES string of the molecule is NC(=O)c1c(C(F)(F)F)cc(C(F)(F)C(F)(F)F)[nH]c1=O. The molecule has 21 heavy (non-hydrogen) atoms. The summed E-state index contributed by atoms with van der Waals surface area (Å²) >= 11 is 0. The van der Waals surface area contributed by atoms with E-state index in [0.29, 0.717) is 0 Å². The lowest BCUT2D eigenvalue weighted by Gasteiger charge is -2.21. The number of carbonyl (C=O) groups is 1. The molecule has 0 bridgehead atoms. The fourth-order valence-corrected chi connectivity index (χ4v) is 1.35. The number of pyridine rings is 1. The van der Waals surface area contributed by atoms with E-state index in [-0.39, 0.29) is 0 Å². The van der Waals surface area contributed by atoms with Crippen LogP contribution in [0.5, 0.6) is 0 Å². The van der Waals surface area contributed by atoms with Crippen molar-refractivity contribution < 1.29 is 39.9 Å². The van der Waals surface area contributed by atoms with E-state index in [0.717, 1.165) is 4.98 Å². The lowest BCUT2D eigenvalue weighted by molar-refractivity contribution is -0.291. The van der Waals surface area contributed by atoms with E-state index in [9.17, 15) is 44.7 Å². The second-order valence-corrected chi connectivity index (χ2v) is 3.73. The Bertz CT molecular complexity index is 628. The van der Waals surface area contributed by atoms with Crippen LogP contribution < -0.4 is 11.3 Å². The minimum absolute atomic E-state index is 0.672. The molecule has 0 radical (unpaired) electrons. The molecule has 4 nitrogen and oxygen atoms in total. The van der Waals surface area contributed by atoms with E-state index < -0.39 is 52.6 Å². The summed E-state index contributed by atoms with van der Waals surface area (Å²) in [6.45, 7) is 0. The van der Waals surface area contributed by atoms with Crippen LogP contribution in [-0.2, 0) is 12.1 Å². The molecule has 0 aliphatic carbocycles. The van der Waals surface area contributed by atoms with Crippen molar-refractivity contribution in [1.29, 1.82) is 0 Å². The summed E-state index contributed by atoms with van der Waals surface area (Å²) in [7, 11) is 0. The number of aromatic nitrogens is 1. The standard InChI is InChI=1S/C9H4F8N2O2/c10-7(11,9(15,16)17)3-1-2(8(12,13)14)4(5(18)20)6(21)19-3/h1H,(H2,18,20)(H,19,21). The highest BCUT2D eigenvalue weighted by atomic mass is 19.4. The summed E-state index contributed by atoms with van der Waals surface area (Å²) in [4.78, 5) is 22.8. The quantitative estimate of drug-likeness (QED) is 0.818. The molecule has 0 aliphatic heterocycles. The zero-order valence-corrected chi connectivity index (χ0v) is 9.49. The Morgan fingerprint density at radius 3 is 1.86 bits per heavy atom. The average Bonchev–Trinajstić information content (AvgIpc) is 2.24. The van der Waals surface area contributed by atoms with E-state index >= 15 is 0 Å². The number of H-pyrrole nitrogens is 1. The number of carbonyl (C=O) groups excluding carboxylic acids is 1. The summed E-state index contributed by atoms with van der Waals surface area (Å²) in [5, 5.41) is 0. The highest BCUT2D eigenvalue weighted by Gasteiger charge is 2.60. The first-order valence-electron chi connectivity index (χ1n) is 4.79. The molecule has 0 spiro atoms. The molecule has 0 unspecified atom stereocenters. The third kappa shape index (κ3) is 2.97. The highest BCUT2D eigenvalue weighted by molar-refractivity contribution is 5.94. The van der Waals surface area contributed by atoms with Crippen LogP contribution in [0.4, 0.5) is 35.1 Å². The maximum atomic E-state index is 13.0. The molecule has 0 atom stereocenters. The Morgan fingerprint density at radius 2 is 1.52 bits per heavy atom. The maximum absolute atomic E-state index is 13.0. The number of primary amides is 1. The first-order chi connectivity index (χ1) is 9.19. The smallest absolute Gasteiger partial charge is 0.365 e. The maximum Gasteiger partial charge on any atom is 0.459 e. The first kappa shape index (κ1) is 16.9.